The highest BCUT2D eigenvalue weighted by Gasteiger charge is 2.32. The van der Waals surface area contributed by atoms with Crippen LogP contribution in [0.5, 0.6) is 5.75 Å². The molecule has 0 aromatic heterocycles. The number of hydrogen-bond donors (Lipinski definition) is 1. The molecular formula is C23H25ClIN3O2. The molecule has 0 spiro atoms. The smallest absolute Gasteiger partial charge is 0.226 e. The third kappa shape index (κ3) is 4.17. The molecule has 2 N–H and O–H groups in total. The van der Waals surface area contributed by atoms with Crippen molar-refractivity contribution in [3.05, 3.63) is 46.0 Å². The summed E-state index contributed by atoms with van der Waals surface area (Å²) in [6.07, 6.45) is 4.03. The fraction of sp³-hybridized carbons (Fsp3) is 0.391. The van der Waals surface area contributed by atoms with Crippen LogP contribution in [0.15, 0.2) is 29.3 Å². The van der Waals surface area contributed by atoms with Crippen LogP contribution >= 0.6 is 34.2 Å². The Hall–Kier alpha value is -1.80. The van der Waals surface area contributed by atoms with Crippen LogP contribution in [0.2, 0.25) is 5.02 Å². The number of fused-ring (bicyclic) bond motifs is 1. The molecule has 158 valence electrons. The molecule has 2 aliphatic rings. The van der Waals surface area contributed by atoms with E-state index in [9.17, 15) is 4.79 Å². The fourth-order valence-corrected chi connectivity index (χ4v) is 4.80. The SMILES string of the molecule is C/C(I)=N/c1c(N)cc(N2CCCCC2=O)c2c1O[C@H](c1ccc(Cl)cc1C)CC2. The van der Waals surface area contributed by atoms with Gasteiger partial charge in [0.25, 0.3) is 0 Å². The van der Waals surface area contributed by atoms with Gasteiger partial charge < -0.3 is 15.4 Å². The summed E-state index contributed by atoms with van der Waals surface area (Å²) < 4.78 is 7.42. The van der Waals surface area contributed by atoms with Gasteiger partial charge in [0, 0.05) is 23.6 Å². The van der Waals surface area contributed by atoms with E-state index in [-0.39, 0.29) is 12.0 Å². The fourth-order valence-electron chi connectivity index (χ4n) is 4.33. The topological polar surface area (TPSA) is 67.9 Å². The standard InChI is InChI=1S/C23H25ClIN3O2/c1-13-11-15(24)6-7-16(13)20-9-8-17-19(28-10-4-3-5-21(28)29)12-18(26)22(23(17)30-20)27-14(2)25/h6-7,11-12,20H,3-5,8-10,26H2,1-2H3/b27-14-/t20-/m0/s1. The molecule has 1 saturated heterocycles. The number of anilines is 2. The van der Waals surface area contributed by atoms with Crippen molar-refractivity contribution in [1.29, 1.82) is 0 Å². The highest BCUT2D eigenvalue weighted by atomic mass is 127. The van der Waals surface area contributed by atoms with E-state index in [4.69, 9.17) is 22.1 Å². The van der Waals surface area contributed by atoms with Crippen molar-refractivity contribution in [2.75, 3.05) is 17.2 Å². The third-order valence-electron chi connectivity index (χ3n) is 5.74. The van der Waals surface area contributed by atoms with Gasteiger partial charge in [0.05, 0.1) is 15.1 Å². The van der Waals surface area contributed by atoms with E-state index in [1.807, 2.05) is 43.0 Å². The highest BCUT2D eigenvalue weighted by Crippen LogP contribution is 2.49. The molecule has 0 radical (unpaired) electrons. The van der Waals surface area contributed by atoms with Gasteiger partial charge in [-0.25, -0.2) is 4.99 Å². The minimum Gasteiger partial charge on any atom is -0.483 e. The predicted octanol–water partition coefficient (Wildman–Crippen LogP) is 6.30. The normalized spacial score (nSPS) is 19.5. The molecule has 2 aromatic rings. The summed E-state index contributed by atoms with van der Waals surface area (Å²) in [5.41, 5.74) is 11.7. The van der Waals surface area contributed by atoms with Crippen molar-refractivity contribution < 1.29 is 9.53 Å². The van der Waals surface area contributed by atoms with E-state index in [0.717, 1.165) is 58.3 Å². The zero-order valence-corrected chi connectivity index (χ0v) is 20.1. The lowest BCUT2D eigenvalue weighted by Crippen LogP contribution is -2.36. The number of hydrogen-bond acceptors (Lipinski definition) is 4. The number of benzene rings is 2. The van der Waals surface area contributed by atoms with E-state index in [1.165, 1.54) is 0 Å². The molecule has 7 heteroatoms. The second-order valence-corrected chi connectivity index (χ2v) is 9.90. The number of carbonyl (C=O) groups excluding carboxylic acids is 1. The largest absolute Gasteiger partial charge is 0.483 e. The molecule has 0 unspecified atom stereocenters. The lowest BCUT2D eigenvalue weighted by atomic mass is 9.92. The van der Waals surface area contributed by atoms with Gasteiger partial charge in [-0.2, -0.15) is 0 Å². The minimum atomic E-state index is -0.107. The van der Waals surface area contributed by atoms with Crippen LogP contribution in [0.3, 0.4) is 0 Å². The Morgan fingerprint density at radius 3 is 2.80 bits per heavy atom. The molecule has 2 aromatic carbocycles. The quantitative estimate of drug-likeness (QED) is 0.284. The summed E-state index contributed by atoms with van der Waals surface area (Å²) in [5, 5.41) is 0.716. The number of carbonyl (C=O) groups is 1. The molecule has 2 heterocycles. The summed E-state index contributed by atoms with van der Waals surface area (Å²) in [6.45, 7) is 4.70. The number of ether oxygens (including phenoxy) is 1. The average molecular weight is 538 g/mol. The maximum absolute atomic E-state index is 12.6. The molecule has 0 bridgehead atoms. The Labute approximate surface area is 195 Å². The first-order valence-corrected chi connectivity index (χ1v) is 11.7. The van der Waals surface area contributed by atoms with Gasteiger partial charge >= 0.3 is 0 Å². The molecule has 2 aliphatic heterocycles. The number of piperidine rings is 1. The van der Waals surface area contributed by atoms with Crippen molar-refractivity contribution in [1.82, 2.24) is 0 Å². The van der Waals surface area contributed by atoms with Crippen molar-refractivity contribution in [3.63, 3.8) is 0 Å². The number of aryl methyl sites for hydroxylation is 1. The molecule has 0 saturated carbocycles. The lowest BCUT2D eigenvalue weighted by Gasteiger charge is -2.34. The zero-order chi connectivity index (χ0) is 21.4. The first-order valence-electron chi connectivity index (χ1n) is 10.2. The molecule has 1 atom stereocenters. The maximum atomic E-state index is 12.6. The van der Waals surface area contributed by atoms with Gasteiger partial charge in [0.1, 0.15) is 11.8 Å². The molecule has 1 fully saturated rings. The first kappa shape index (κ1) is 21.4. The summed E-state index contributed by atoms with van der Waals surface area (Å²) in [7, 11) is 0. The van der Waals surface area contributed by atoms with Crippen molar-refractivity contribution >= 4 is 60.9 Å². The number of nitrogens with two attached hydrogens (primary N) is 1. The Bertz CT molecular complexity index is 1030. The summed E-state index contributed by atoms with van der Waals surface area (Å²) in [6, 6.07) is 7.79. The van der Waals surface area contributed by atoms with Gasteiger partial charge in [-0.05, 0) is 91.4 Å². The van der Waals surface area contributed by atoms with Crippen LogP contribution in [0.4, 0.5) is 17.1 Å². The van der Waals surface area contributed by atoms with Crippen LogP contribution in [-0.2, 0) is 11.2 Å². The molecule has 4 rings (SSSR count). The zero-order valence-electron chi connectivity index (χ0n) is 17.2. The Morgan fingerprint density at radius 2 is 2.10 bits per heavy atom. The Balaban J connectivity index is 1.82. The molecular weight excluding hydrogens is 513 g/mol. The van der Waals surface area contributed by atoms with Crippen LogP contribution in [0.25, 0.3) is 0 Å². The van der Waals surface area contributed by atoms with E-state index >= 15 is 0 Å². The van der Waals surface area contributed by atoms with Gasteiger partial charge in [-0.15, -0.1) is 0 Å². The highest BCUT2D eigenvalue weighted by molar-refractivity contribution is 14.1. The first-order chi connectivity index (χ1) is 14.3. The maximum Gasteiger partial charge on any atom is 0.226 e. The number of rotatable bonds is 3. The summed E-state index contributed by atoms with van der Waals surface area (Å²) in [4.78, 5) is 19.2. The van der Waals surface area contributed by atoms with E-state index < -0.39 is 0 Å². The monoisotopic (exact) mass is 537 g/mol. The molecule has 1 amide bonds. The third-order valence-corrected chi connectivity index (χ3v) is 6.22. The Kier molecular flexibility index (Phi) is 6.25. The van der Waals surface area contributed by atoms with E-state index in [0.29, 0.717) is 28.6 Å². The minimum absolute atomic E-state index is 0.107. The van der Waals surface area contributed by atoms with E-state index in [2.05, 4.69) is 27.6 Å². The van der Waals surface area contributed by atoms with Crippen LogP contribution in [-0.4, -0.2) is 16.2 Å². The number of halogens is 2. The number of nitrogen functional groups attached to an aromatic ring is 1. The predicted molar refractivity (Wildman–Crippen MR) is 132 cm³/mol. The van der Waals surface area contributed by atoms with Crippen LogP contribution in [0.1, 0.15) is 55.4 Å². The van der Waals surface area contributed by atoms with Gasteiger partial charge in [0.15, 0.2) is 5.75 Å². The van der Waals surface area contributed by atoms with Gasteiger partial charge in [0.2, 0.25) is 5.91 Å². The lowest BCUT2D eigenvalue weighted by molar-refractivity contribution is -0.119. The van der Waals surface area contributed by atoms with Crippen molar-refractivity contribution in [2.24, 2.45) is 4.99 Å². The van der Waals surface area contributed by atoms with Crippen LogP contribution < -0.4 is 15.4 Å². The summed E-state index contributed by atoms with van der Waals surface area (Å²) >= 11 is 8.33. The Morgan fingerprint density at radius 1 is 1.30 bits per heavy atom. The summed E-state index contributed by atoms with van der Waals surface area (Å²) in [5.74, 6) is 0.852. The second kappa shape index (κ2) is 8.75. The number of aliphatic imine (C=N–C) groups is 1. The molecule has 5 nitrogen and oxygen atoms in total. The van der Waals surface area contributed by atoms with Crippen molar-refractivity contribution in [3.8, 4) is 5.75 Å². The number of nitrogens with zero attached hydrogens (tertiary/aromatic N) is 2. The number of amides is 1. The van der Waals surface area contributed by atoms with E-state index in [1.54, 1.807) is 0 Å². The molecule has 30 heavy (non-hydrogen) atoms. The van der Waals surface area contributed by atoms with Gasteiger partial charge in [-0.3, -0.25) is 4.79 Å². The van der Waals surface area contributed by atoms with Gasteiger partial charge in [-0.1, -0.05) is 17.7 Å². The average Bonchev–Trinajstić information content (AvgIpc) is 2.70. The van der Waals surface area contributed by atoms with Crippen molar-refractivity contribution in [2.45, 2.75) is 52.1 Å². The van der Waals surface area contributed by atoms with Crippen LogP contribution in [0, 0.1) is 6.92 Å². The second-order valence-electron chi connectivity index (χ2n) is 7.90. The molecule has 0 aliphatic carbocycles.